The van der Waals surface area contributed by atoms with Gasteiger partial charge in [-0.05, 0) is 49.3 Å². The number of aromatic amines is 1. The molecule has 2 aliphatic heterocycles. The number of rotatable bonds is 10. The summed E-state index contributed by atoms with van der Waals surface area (Å²) < 4.78 is 5.76. The molecule has 7 nitrogen and oxygen atoms in total. The summed E-state index contributed by atoms with van der Waals surface area (Å²) in [6.45, 7) is 3.45. The standard InChI is InChI=1S/C26H33N5O2/c27-18(5-1-2-7-19-17-28-14-16-33-19)6-4-15-31-24-11-10-20(23-12-13-29-30-23)21-8-3-9-22(25(21)24)26(31)32/h3,8-13,18-19,28H,1-2,4-7,14-17,27H2,(H,29,30). The molecule has 0 radical (unpaired) electrons. The number of morpholine rings is 1. The fraction of sp³-hybridized carbons (Fsp3) is 0.462. The Morgan fingerprint density at radius 2 is 2.03 bits per heavy atom. The quantitative estimate of drug-likeness (QED) is 0.410. The van der Waals surface area contributed by atoms with Crippen LogP contribution in [0, 0.1) is 0 Å². The number of carbonyl (C=O) groups is 1. The zero-order valence-corrected chi connectivity index (χ0v) is 19.1. The van der Waals surface area contributed by atoms with Crippen molar-refractivity contribution in [3.8, 4) is 11.3 Å². The maximum atomic E-state index is 13.2. The van der Waals surface area contributed by atoms with Crippen molar-refractivity contribution in [2.24, 2.45) is 5.73 Å². The molecule has 2 aromatic carbocycles. The topological polar surface area (TPSA) is 96.3 Å². The van der Waals surface area contributed by atoms with Crippen LogP contribution in [-0.4, -0.2) is 54.5 Å². The lowest BCUT2D eigenvalue weighted by Gasteiger charge is -2.23. The first kappa shape index (κ1) is 22.1. The fourth-order valence-corrected chi connectivity index (χ4v) is 5.15. The Labute approximate surface area is 194 Å². The zero-order chi connectivity index (χ0) is 22.6. The van der Waals surface area contributed by atoms with Crippen LogP contribution < -0.4 is 16.0 Å². The lowest BCUT2D eigenvalue weighted by atomic mass is 9.99. The maximum absolute atomic E-state index is 13.2. The summed E-state index contributed by atoms with van der Waals surface area (Å²) in [6, 6.07) is 12.3. The van der Waals surface area contributed by atoms with Gasteiger partial charge < -0.3 is 20.7 Å². The molecule has 1 aromatic heterocycles. The highest BCUT2D eigenvalue weighted by Crippen LogP contribution is 2.41. The number of ether oxygens (including phenoxy) is 1. The minimum absolute atomic E-state index is 0.0898. The number of nitrogens with one attached hydrogen (secondary N) is 2. The average Bonchev–Trinajstić information content (AvgIpc) is 3.47. The Hall–Kier alpha value is -2.74. The molecule has 1 fully saturated rings. The van der Waals surface area contributed by atoms with E-state index in [-0.39, 0.29) is 11.9 Å². The second kappa shape index (κ2) is 10.0. The molecule has 2 atom stereocenters. The number of carbonyl (C=O) groups excluding carboxylic acids is 1. The monoisotopic (exact) mass is 447 g/mol. The first-order valence-electron chi connectivity index (χ1n) is 12.2. The normalized spacial score (nSPS) is 18.9. The smallest absolute Gasteiger partial charge is 0.258 e. The molecule has 0 spiro atoms. The van der Waals surface area contributed by atoms with Gasteiger partial charge in [0, 0.05) is 48.4 Å². The number of H-pyrrole nitrogens is 1. The summed E-state index contributed by atoms with van der Waals surface area (Å²) in [5.41, 5.74) is 10.2. The summed E-state index contributed by atoms with van der Waals surface area (Å²) in [5, 5.41) is 12.6. The number of unbranched alkanes of at least 4 members (excludes halogenated alkanes) is 1. The number of hydrogen-bond donors (Lipinski definition) is 3. The molecule has 0 saturated carbocycles. The first-order valence-corrected chi connectivity index (χ1v) is 12.2. The summed E-state index contributed by atoms with van der Waals surface area (Å²) >= 11 is 0. The van der Waals surface area contributed by atoms with E-state index >= 15 is 0 Å². The van der Waals surface area contributed by atoms with Crippen LogP contribution in [0.25, 0.3) is 22.0 Å². The van der Waals surface area contributed by atoms with Crippen molar-refractivity contribution in [2.75, 3.05) is 31.1 Å². The Morgan fingerprint density at radius 3 is 2.85 bits per heavy atom. The van der Waals surface area contributed by atoms with Gasteiger partial charge in [0.15, 0.2) is 0 Å². The number of hydrogen-bond acceptors (Lipinski definition) is 5. The number of amides is 1. The van der Waals surface area contributed by atoms with Crippen LogP contribution in [-0.2, 0) is 4.74 Å². The van der Waals surface area contributed by atoms with Crippen molar-refractivity contribution in [3.05, 3.63) is 48.2 Å². The Kier molecular flexibility index (Phi) is 6.71. The van der Waals surface area contributed by atoms with Crippen molar-refractivity contribution in [1.29, 1.82) is 0 Å². The molecular formula is C26H33N5O2. The molecule has 33 heavy (non-hydrogen) atoms. The van der Waals surface area contributed by atoms with Crippen LogP contribution in [0.4, 0.5) is 5.69 Å². The number of aromatic nitrogens is 2. The molecule has 174 valence electrons. The van der Waals surface area contributed by atoms with Crippen LogP contribution in [0.2, 0.25) is 0 Å². The van der Waals surface area contributed by atoms with Crippen molar-refractivity contribution in [3.63, 3.8) is 0 Å². The van der Waals surface area contributed by atoms with Crippen LogP contribution in [0.15, 0.2) is 42.6 Å². The van der Waals surface area contributed by atoms with Crippen molar-refractivity contribution >= 4 is 22.4 Å². The highest BCUT2D eigenvalue weighted by Gasteiger charge is 2.30. The van der Waals surface area contributed by atoms with Gasteiger partial charge in [-0.3, -0.25) is 9.89 Å². The Bertz CT molecular complexity index is 1090. The summed E-state index contributed by atoms with van der Waals surface area (Å²) in [5.74, 6) is 0.0898. The van der Waals surface area contributed by atoms with Crippen LogP contribution in [0.5, 0.6) is 0 Å². The van der Waals surface area contributed by atoms with E-state index < -0.39 is 0 Å². The van der Waals surface area contributed by atoms with Gasteiger partial charge in [-0.2, -0.15) is 5.10 Å². The third-order valence-corrected chi connectivity index (χ3v) is 6.89. The summed E-state index contributed by atoms with van der Waals surface area (Å²) in [7, 11) is 0. The van der Waals surface area contributed by atoms with Gasteiger partial charge >= 0.3 is 0 Å². The maximum Gasteiger partial charge on any atom is 0.258 e. The molecule has 2 unspecified atom stereocenters. The average molecular weight is 448 g/mol. The molecule has 5 rings (SSSR count). The van der Waals surface area contributed by atoms with Crippen LogP contribution in [0.3, 0.4) is 0 Å². The van der Waals surface area contributed by atoms with Gasteiger partial charge in [-0.15, -0.1) is 0 Å². The first-order chi connectivity index (χ1) is 16.2. The molecule has 3 aromatic rings. The fourth-order valence-electron chi connectivity index (χ4n) is 5.15. The van der Waals surface area contributed by atoms with E-state index in [0.29, 0.717) is 12.6 Å². The van der Waals surface area contributed by atoms with Gasteiger partial charge in [0.1, 0.15) is 0 Å². The van der Waals surface area contributed by atoms with E-state index in [9.17, 15) is 4.79 Å². The largest absolute Gasteiger partial charge is 0.376 e. The molecule has 0 aliphatic carbocycles. The Morgan fingerprint density at radius 1 is 1.12 bits per heavy atom. The van der Waals surface area contributed by atoms with E-state index in [1.807, 2.05) is 23.1 Å². The highest BCUT2D eigenvalue weighted by atomic mass is 16.5. The van der Waals surface area contributed by atoms with Crippen LogP contribution >= 0.6 is 0 Å². The molecule has 4 N–H and O–H groups in total. The van der Waals surface area contributed by atoms with Gasteiger partial charge in [0.2, 0.25) is 0 Å². The molecule has 7 heteroatoms. The van der Waals surface area contributed by atoms with E-state index in [2.05, 4.69) is 33.7 Å². The van der Waals surface area contributed by atoms with E-state index in [1.54, 1.807) is 6.20 Å². The second-order valence-corrected chi connectivity index (χ2v) is 9.17. The number of benzene rings is 2. The third kappa shape index (κ3) is 4.67. The predicted molar refractivity (Wildman–Crippen MR) is 131 cm³/mol. The molecule has 1 saturated heterocycles. The number of anilines is 1. The van der Waals surface area contributed by atoms with Crippen LogP contribution in [0.1, 0.15) is 48.9 Å². The summed E-state index contributed by atoms with van der Waals surface area (Å²) in [6.07, 6.45) is 8.35. The predicted octanol–water partition coefficient (Wildman–Crippen LogP) is 3.85. The lowest BCUT2D eigenvalue weighted by molar-refractivity contribution is 0.0220. The minimum atomic E-state index is 0.0898. The van der Waals surface area contributed by atoms with Crippen molar-refractivity contribution in [1.82, 2.24) is 15.5 Å². The van der Waals surface area contributed by atoms with E-state index in [1.165, 1.54) is 0 Å². The van der Waals surface area contributed by atoms with Crippen molar-refractivity contribution < 1.29 is 9.53 Å². The second-order valence-electron chi connectivity index (χ2n) is 9.17. The van der Waals surface area contributed by atoms with Gasteiger partial charge in [-0.25, -0.2) is 0 Å². The third-order valence-electron chi connectivity index (χ3n) is 6.89. The molecular weight excluding hydrogens is 414 g/mol. The Balaban J connectivity index is 1.16. The minimum Gasteiger partial charge on any atom is -0.376 e. The number of nitrogens with zero attached hydrogens (tertiary/aromatic N) is 2. The van der Waals surface area contributed by atoms with E-state index in [0.717, 1.165) is 91.5 Å². The summed E-state index contributed by atoms with van der Waals surface area (Å²) in [4.78, 5) is 15.1. The zero-order valence-electron chi connectivity index (χ0n) is 19.1. The number of nitrogens with two attached hydrogens (primary N) is 1. The van der Waals surface area contributed by atoms with Crippen molar-refractivity contribution in [2.45, 2.75) is 50.7 Å². The van der Waals surface area contributed by atoms with Gasteiger partial charge in [0.05, 0.1) is 24.1 Å². The van der Waals surface area contributed by atoms with Gasteiger partial charge in [-0.1, -0.05) is 31.0 Å². The molecule has 1 amide bonds. The lowest BCUT2D eigenvalue weighted by Crippen LogP contribution is -2.38. The SMILES string of the molecule is NC(CCCCC1CNCCO1)CCCN1C(=O)c2cccc3c(-c4ccn[nH]4)ccc1c23. The highest BCUT2D eigenvalue weighted by molar-refractivity contribution is 6.26. The van der Waals surface area contributed by atoms with Gasteiger partial charge in [0.25, 0.3) is 5.91 Å². The molecule has 2 aliphatic rings. The van der Waals surface area contributed by atoms with E-state index in [4.69, 9.17) is 10.5 Å². The molecule has 3 heterocycles. The molecule has 0 bridgehead atoms.